The third kappa shape index (κ3) is 4.01. The highest BCUT2D eigenvalue weighted by atomic mass is 16.3. The standard InChI is InChI=1S/C43H37NO/c1-43(2)37-22-9-8-18-33(37)34-26-25-30(27-38(34)43)44(39-23-10-16-28-15-6-7-17-31(28)39)40-24-12-21-36-35-20-11-19-32(41(35)45-42(36)40)29-13-4-3-5-14-29/h6-12,15-27,29H,3-5,13-14H2,1-2H3. The normalized spacial score (nSPS) is 15.9. The van der Waals surface area contributed by atoms with Crippen molar-refractivity contribution in [2.45, 2.75) is 57.3 Å². The summed E-state index contributed by atoms with van der Waals surface area (Å²) in [5.41, 5.74) is 12.1. The van der Waals surface area contributed by atoms with Crippen molar-refractivity contribution in [3.63, 3.8) is 0 Å². The number of fused-ring (bicyclic) bond motifs is 7. The van der Waals surface area contributed by atoms with Crippen LogP contribution in [-0.4, -0.2) is 0 Å². The molecule has 0 aliphatic heterocycles. The van der Waals surface area contributed by atoms with Crippen LogP contribution < -0.4 is 4.90 Å². The molecule has 1 heterocycles. The molecular formula is C43H37NO. The van der Waals surface area contributed by atoms with E-state index in [1.165, 1.54) is 81.5 Å². The molecule has 0 atom stereocenters. The molecule has 0 bridgehead atoms. The van der Waals surface area contributed by atoms with Crippen LogP contribution in [0.25, 0.3) is 43.8 Å². The highest BCUT2D eigenvalue weighted by Gasteiger charge is 2.36. The number of hydrogen-bond acceptors (Lipinski definition) is 2. The average Bonchev–Trinajstić information content (AvgIpc) is 3.58. The number of hydrogen-bond donors (Lipinski definition) is 0. The lowest BCUT2D eigenvalue weighted by Gasteiger charge is -2.29. The predicted molar refractivity (Wildman–Crippen MR) is 189 cm³/mol. The smallest absolute Gasteiger partial charge is 0.159 e. The summed E-state index contributed by atoms with van der Waals surface area (Å²) in [7, 11) is 0. The maximum Gasteiger partial charge on any atom is 0.159 e. The van der Waals surface area contributed by atoms with Gasteiger partial charge in [-0.25, -0.2) is 0 Å². The van der Waals surface area contributed by atoms with Gasteiger partial charge in [-0.05, 0) is 76.2 Å². The SMILES string of the molecule is CC1(C)c2ccccc2-c2ccc(N(c3cccc4ccccc34)c3cccc4c3oc3c(C5CCCCC5)cccc34)cc21. The van der Waals surface area contributed by atoms with Crippen LogP contribution in [0.5, 0.6) is 0 Å². The molecule has 0 N–H and O–H groups in total. The molecule has 2 nitrogen and oxygen atoms in total. The Kier molecular flexibility index (Phi) is 5.97. The number of furan rings is 1. The number of nitrogens with zero attached hydrogens (tertiary/aromatic N) is 1. The van der Waals surface area contributed by atoms with E-state index in [1.807, 2.05) is 0 Å². The highest BCUT2D eigenvalue weighted by molar-refractivity contribution is 6.12. The summed E-state index contributed by atoms with van der Waals surface area (Å²) in [5.74, 6) is 0.571. The van der Waals surface area contributed by atoms with E-state index < -0.39 is 0 Å². The second-order valence-corrected chi connectivity index (χ2v) is 13.5. The summed E-state index contributed by atoms with van der Waals surface area (Å²) in [5, 5.41) is 4.85. The van der Waals surface area contributed by atoms with Gasteiger partial charge in [0.25, 0.3) is 0 Å². The fourth-order valence-corrected chi connectivity index (χ4v) is 8.38. The Bertz CT molecular complexity index is 2240. The molecule has 6 aromatic carbocycles. The van der Waals surface area contributed by atoms with Crippen molar-refractivity contribution >= 4 is 49.8 Å². The minimum atomic E-state index is -0.0906. The highest BCUT2D eigenvalue weighted by Crippen LogP contribution is 2.52. The molecule has 2 heteroatoms. The molecular weight excluding hydrogens is 546 g/mol. The predicted octanol–water partition coefficient (Wildman–Crippen LogP) is 12.6. The maximum absolute atomic E-state index is 7.05. The molecule has 0 amide bonds. The van der Waals surface area contributed by atoms with E-state index in [9.17, 15) is 0 Å². The van der Waals surface area contributed by atoms with Gasteiger partial charge in [-0.3, -0.25) is 0 Å². The summed E-state index contributed by atoms with van der Waals surface area (Å²) < 4.78 is 7.05. The minimum Gasteiger partial charge on any atom is -0.454 e. The van der Waals surface area contributed by atoms with Gasteiger partial charge in [0.2, 0.25) is 0 Å². The van der Waals surface area contributed by atoms with Crippen molar-refractivity contribution in [3.8, 4) is 11.1 Å². The average molecular weight is 584 g/mol. The monoisotopic (exact) mass is 583 g/mol. The number of anilines is 3. The molecule has 2 aliphatic rings. The van der Waals surface area contributed by atoms with Crippen LogP contribution >= 0.6 is 0 Å². The molecule has 1 fully saturated rings. The van der Waals surface area contributed by atoms with Crippen LogP contribution in [0.1, 0.15) is 68.6 Å². The lowest BCUT2D eigenvalue weighted by atomic mass is 9.82. The number of para-hydroxylation sites is 2. The molecule has 2 aliphatic carbocycles. The van der Waals surface area contributed by atoms with E-state index in [-0.39, 0.29) is 5.41 Å². The van der Waals surface area contributed by atoms with E-state index in [4.69, 9.17) is 4.42 Å². The largest absolute Gasteiger partial charge is 0.454 e. The van der Waals surface area contributed by atoms with Gasteiger partial charge >= 0.3 is 0 Å². The summed E-state index contributed by atoms with van der Waals surface area (Å²) in [6, 6.07) is 44.7. The van der Waals surface area contributed by atoms with Crippen LogP contribution in [0.3, 0.4) is 0 Å². The van der Waals surface area contributed by atoms with Crippen LogP contribution in [0.2, 0.25) is 0 Å². The van der Waals surface area contributed by atoms with Crippen LogP contribution in [0.4, 0.5) is 17.1 Å². The molecule has 7 aromatic rings. The van der Waals surface area contributed by atoms with Crippen LogP contribution in [0.15, 0.2) is 126 Å². The first kappa shape index (κ1) is 26.6. The van der Waals surface area contributed by atoms with Gasteiger partial charge in [0.15, 0.2) is 5.58 Å². The van der Waals surface area contributed by atoms with Crippen molar-refractivity contribution in [1.82, 2.24) is 0 Å². The zero-order valence-corrected chi connectivity index (χ0v) is 26.0. The first-order valence-electron chi connectivity index (χ1n) is 16.6. The first-order valence-corrected chi connectivity index (χ1v) is 16.6. The molecule has 0 radical (unpaired) electrons. The number of benzene rings is 6. The lowest BCUT2D eigenvalue weighted by molar-refractivity contribution is 0.442. The van der Waals surface area contributed by atoms with E-state index in [0.717, 1.165) is 28.2 Å². The van der Waals surface area contributed by atoms with E-state index >= 15 is 0 Å². The van der Waals surface area contributed by atoms with Gasteiger partial charge < -0.3 is 9.32 Å². The van der Waals surface area contributed by atoms with Crippen LogP contribution in [-0.2, 0) is 5.41 Å². The summed E-state index contributed by atoms with van der Waals surface area (Å²) in [4.78, 5) is 2.44. The molecule has 1 saturated carbocycles. The maximum atomic E-state index is 7.05. The third-order valence-electron chi connectivity index (χ3n) is 10.7. The Morgan fingerprint density at radius 2 is 1.24 bits per heavy atom. The van der Waals surface area contributed by atoms with Crippen molar-refractivity contribution < 1.29 is 4.42 Å². The molecule has 0 saturated heterocycles. The zero-order valence-electron chi connectivity index (χ0n) is 26.0. The molecule has 0 spiro atoms. The van der Waals surface area contributed by atoms with Crippen molar-refractivity contribution in [1.29, 1.82) is 0 Å². The van der Waals surface area contributed by atoms with Gasteiger partial charge in [0.1, 0.15) is 5.58 Å². The molecule has 220 valence electrons. The van der Waals surface area contributed by atoms with Crippen molar-refractivity contribution in [2.24, 2.45) is 0 Å². The van der Waals surface area contributed by atoms with E-state index in [2.05, 4.69) is 140 Å². The zero-order chi connectivity index (χ0) is 30.1. The van der Waals surface area contributed by atoms with Gasteiger partial charge in [0, 0.05) is 27.3 Å². The summed E-state index contributed by atoms with van der Waals surface area (Å²) in [6.45, 7) is 4.72. The summed E-state index contributed by atoms with van der Waals surface area (Å²) in [6.07, 6.45) is 6.45. The third-order valence-corrected chi connectivity index (χ3v) is 10.7. The van der Waals surface area contributed by atoms with Crippen LogP contribution in [0, 0.1) is 0 Å². The molecule has 0 unspecified atom stereocenters. The Morgan fingerprint density at radius 1 is 0.578 bits per heavy atom. The van der Waals surface area contributed by atoms with Gasteiger partial charge in [-0.1, -0.05) is 130 Å². The van der Waals surface area contributed by atoms with Crippen molar-refractivity contribution in [2.75, 3.05) is 4.90 Å². The first-order chi connectivity index (χ1) is 22.1. The van der Waals surface area contributed by atoms with E-state index in [1.54, 1.807) is 0 Å². The Hall–Kier alpha value is -4.82. The lowest BCUT2D eigenvalue weighted by Crippen LogP contribution is -2.16. The van der Waals surface area contributed by atoms with Crippen molar-refractivity contribution in [3.05, 3.63) is 138 Å². The van der Waals surface area contributed by atoms with E-state index in [0.29, 0.717) is 5.92 Å². The fourth-order valence-electron chi connectivity index (χ4n) is 8.38. The minimum absolute atomic E-state index is 0.0906. The second-order valence-electron chi connectivity index (χ2n) is 13.5. The molecule has 45 heavy (non-hydrogen) atoms. The fraction of sp³-hybridized carbons (Fsp3) is 0.209. The molecule has 1 aromatic heterocycles. The Balaban J connectivity index is 1.31. The second kappa shape index (κ2) is 10.1. The quantitative estimate of drug-likeness (QED) is 0.205. The Morgan fingerprint density at radius 3 is 2.13 bits per heavy atom. The number of rotatable bonds is 4. The van der Waals surface area contributed by atoms with Gasteiger partial charge in [-0.2, -0.15) is 0 Å². The Labute approximate surface area is 264 Å². The van der Waals surface area contributed by atoms with Gasteiger partial charge in [-0.15, -0.1) is 0 Å². The van der Waals surface area contributed by atoms with Gasteiger partial charge in [0.05, 0.1) is 11.4 Å². The topological polar surface area (TPSA) is 16.4 Å². The summed E-state index contributed by atoms with van der Waals surface area (Å²) >= 11 is 0. The molecule has 9 rings (SSSR count).